The Hall–Kier alpha value is -1.65. The Morgan fingerprint density at radius 1 is 1.28 bits per heavy atom. The molecule has 0 saturated carbocycles. The topological polar surface area (TPSA) is 66.9 Å². The van der Waals surface area contributed by atoms with Gasteiger partial charge in [0.15, 0.2) is 0 Å². The molecule has 0 radical (unpaired) electrons. The maximum atomic E-state index is 11.4. The van der Waals surface area contributed by atoms with Crippen LogP contribution in [-0.4, -0.2) is 28.5 Å². The average molecular weight is 250 g/mol. The van der Waals surface area contributed by atoms with Crippen LogP contribution in [-0.2, 0) is 4.79 Å². The molecule has 0 unspecified atom stereocenters. The Morgan fingerprint density at radius 2 is 2.00 bits per heavy atom. The van der Waals surface area contributed by atoms with E-state index in [1.165, 1.54) is 0 Å². The van der Waals surface area contributed by atoms with Gasteiger partial charge in [0.25, 0.3) is 0 Å². The van der Waals surface area contributed by atoms with E-state index < -0.39 is 0 Å². The van der Waals surface area contributed by atoms with Gasteiger partial charge < -0.3 is 10.6 Å². The molecule has 0 atom stereocenters. The number of rotatable bonds is 6. The van der Waals surface area contributed by atoms with Crippen LogP contribution in [0.5, 0.6) is 0 Å². The highest BCUT2D eigenvalue weighted by atomic mass is 16.1. The van der Waals surface area contributed by atoms with Crippen molar-refractivity contribution in [1.82, 2.24) is 15.3 Å². The second-order valence-corrected chi connectivity index (χ2v) is 4.88. The molecule has 0 fully saturated rings. The van der Waals surface area contributed by atoms with Gasteiger partial charge in [-0.25, -0.2) is 9.97 Å². The lowest BCUT2D eigenvalue weighted by Crippen LogP contribution is -2.31. The number of amides is 1. The van der Waals surface area contributed by atoms with Crippen LogP contribution in [0.25, 0.3) is 0 Å². The smallest absolute Gasteiger partial charge is 0.221 e. The Labute approximate surface area is 108 Å². The molecule has 1 amide bonds. The second-order valence-electron chi connectivity index (χ2n) is 4.88. The highest BCUT2D eigenvalue weighted by Crippen LogP contribution is 2.13. The fraction of sp³-hybridized carbons (Fsp3) is 0.615. The molecule has 0 saturated heterocycles. The highest BCUT2D eigenvalue weighted by molar-refractivity contribution is 5.76. The zero-order valence-electron chi connectivity index (χ0n) is 11.5. The van der Waals surface area contributed by atoms with Crippen molar-refractivity contribution in [1.29, 1.82) is 0 Å². The van der Waals surface area contributed by atoms with Gasteiger partial charge in [-0.2, -0.15) is 0 Å². The molecule has 1 aromatic heterocycles. The molecule has 1 aromatic rings. The van der Waals surface area contributed by atoms with Crippen molar-refractivity contribution < 1.29 is 4.79 Å². The van der Waals surface area contributed by atoms with E-state index in [9.17, 15) is 4.79 Å². The van der Waals surface area contributed by atoms with Gasteiger partial charge in [-0.3, -0.25) is 4.79 Å². The summed E-state index contributed by atoms with van der Waals surface area (Å²) in [5, 5.41) is 5.98. The first kappa shape index (κ1) is 14.4. The van der Waals surface area contributed by atoms with Crippen LogP contribution in [0.3, 0.4) is 0 Å². The third-order valence-electron chi connectivity index (χ3n) is 2.39. The fourth-order valence-corrected chi connectivity index (χ4v) is 1.48. The van der Waals surface area contributed by atoms with E-state index >= 15 is 0 Å². The maximum Gasteiger partial charge on any atom is 0.221 e. The van der Waals surface area contributed by atoms with E-state index in [2.05, 4.69) is 34.4 Å². The molecule has 0 spiro atoms. The van der Waals surface area contributed by atoms with Gasteiger partial charge in [0.05, 0.1) is 0 Å². The number of carbonyl (C=O) groups is 1. The SMILES string of the molecule is CC(C)NC(=O)CCNc1cc(C(C)C)ncn1. The van der Waals surface area contributed by atoms with E-state index in [0.717, 1.165) is 11.5 Å². The summed E-state index contributed by atoms with van der Waals surface area (Å²) in [6, 6.07) is 2.11. The summed E-state index contributed by atoms with van der Waals surface area (Å²) in [4.78, 5) is 19.8. The van der Waals surface area contributed by atoms with Crippen molar-refractivity contribution in [3.63, 3.8) is 0 Å². The van der Waals surface area contributed by atoms with Gasteiger partial charge in [0.2, 0.25) is 5.91 Å². The molecule has 5 heteroatoms. The minimum atomic E-state index is 0.0515. The zero-order chi connectivity index (χ0) is 13.5. The monoisotopic (exact) mass is 250 g/mol. The summed E-state index contributed by atoms with van der Waals surface area (Å²) in [7, 11) is 0. The molecule has 0 aliphatic carbocycles. The molecule has 18 heavy (non-hydrogen) atoms. The van der Waals surface area contributed by atoms with Crippen LogP contribution in [0.1, 0.15) is 45.7 Å². The molecule has 0 bridgehead atoms. The summed E-state index contributed by atoms with van der Waals surface area (Å²) < 4.78 is 0. The minimum absolute atomic E-state index is 0.0515. The molecular formula is C13H22N4O. The van der Waals surface area contributed by atoms with Crippen molar-refractivity contribution in [2.24, 2.45) is 0 Å². The van der Waals surface area contributed by atoms with Crippen LogP contribution in [0, 0.1) is 0 Å². The van der Waals surface area contributed by atoms with Gasteiger partial charge in [-0.15, -0.1) is 0 Å². The summed E-state index contributed by atoms with van der Waals surface area (Å²) in [5.74, 6) is 1.19. The van der Waals surface area contributed by atoms with Crippen LogP contribution in [0.2, 0.25) is 0 Å². The molecular weight excluding hydrogens is 228 g/mol. The van der Waals surface area contributed by atoms with Crippen LogP contribution < -0.4 is 10.6 Å². The number of hydrogen-bond donors (Lipinski definition) is 2. The van der Waals surface area contributed by atoms with E-state index in [1.807, 2.05) is 19.9 Å². The maximum absolute atomic E-state index is 11.4. The summed E-state index contributed by atoms with van der Waals surface area (Å²) >= 11 is 0. The van der Waals surface area contributed by atoms with Crippen LogP contribution in [0.4, 0.5) is 5.82 Å². The summed E-state index contributed by atoms with van der Waals surface area (Å²) in [6.07, 6.45) is 1.99. The lowest BCUT2D eigenvalue weighted by Gasteiger charge is -2.10. The van der Waals surface area contributed by atoms with E-state index in [0.29, 0.717) is 18.9 Å². The third kappa shape index (κ3) is 5.12. The van der Waals surface area contributed by atoms with Crippen molar-refractivity contribution in [2.75, 3.05) is 11.9 Å². The lowest BCUT2D eigenvalue weighted by atomic mass is 10.1. The van der Waals surface area contributed by atoms with Gasteiger partial charge in [-0.1, -0.05) is 13.8 Å². The molecule has 1 rings (SSSR count). The summed E-state index contributed by atoms with van der Waals surface area (Å²) in [6.45, 7) is 8.65. The van der Waals surface area contributed by atoms with Gasteiger partial charge in [0, 0.05) is 30.8 Å². The number of hydrogen-bond acceptors (Lipinski definition) is 4. The first-order valence-electron chi connectivity index (χ1n) is 6.34. The molecule has 2 N–H and O–H groups in total. The van der Waals surface area contributed by atoms with Crippen molar-refractivity contribution >= 4 is 11.7 Å². The number of anilines is 1. The first-order chi connectivity index (χ1) is 8.49. The predicted octanol–water partition coefficient (Wildman–Crippen LogP) is 1.93. The Kier molecular flexibility index (Phi) is 5.55. The van der Waals surface area contributed by atoms with Crippen molar-refractivity contribution in [2.45, 2.75) is 46.1 Å². The standard InChI is InChI=1S/C13H22N4O/c1-9(2)11-7-12(16-8-15-11)14-6-5-13(18)17-10(3)4/h7-10H,5-6H2,1-4H3,(H,17,18)(H,14,15,16). The average Bonchev–Trinajstić information content (AvgIpc) is 2.28. The zero-order valence-corrected chi connectivity index (χ0v) is 11.5. The molecule has 0 aliphatic heterocycles. The highest BCUT2D eigenvalue weighted by Gasteiger charge is 2.05. The molecule has 0 aliphatic rings. The normalized spacial score (nSPS) is 10.8. The van der Waals surface area contributed by atoms with E-state index in [1.54, 1.807) is 6.33 Å². The van der Waals surface area contributed by atoms with Crippen molar-refractivity contribution in [3.05, 3.63) is 18.1 Å². The molecule has 5 nitrogen and oxygen atoms in total. The Morgan fingerprint density at radius 3 is 2.61 bits per heavy atom. The van der Waals surface area contributed by atoms with Gasteiger partial charge in [0.1, 0.15) is 12.1 Å². The second kappa shape index (κ2) is 6.93. The van der Waals surface area contributed by atoms with Gasteiger partial charge in [-0.05, 0) is 19.8 Å². The van der Waals surface area contributed by atoms with Crippen molar-refractivity contribution in [3.8, 4) is 0 Å². The molecule has 100 valence electrons. The fourth-order valence-electron chi connectivity index (χ4n) is 1.48. The first-order valence-corrected chi connectivity index (χ1v) is 6.34. The number of carbonyl (C=O) groups excluding carboxylic acids is 1. The Bertz CT molecular complexity index is 390. The third-order valence-corrected chi connectivity index (χ3v) is 2.39. The number of nitrogens with one attached hydrogen (secondary N) is 2. The quantitative estimate of drug-likeness (QED) is 0.809. The Balaban J connectivity index is 2.39. The largest absolute Gasteiger partial charge is 0.369 e. The molecule has 0 aromatic carbocycles. The summed E-state index contributed by atoms with van der Waals surface area (Å²) in [5.41, 5.74) is 0.999. The lowest BCUT2D eigenvalue weighted by molar-refractivity contribution is -0.121. The van der Waals surface area contributed by atoms with E-state index in [4.69, 9.17) is 0 Å². The number of nitrogens with zero attached hydrogens (tertiary/aromatic N) is 2. The number of aromatic nitrogens is 2. The van der Waals surface area contributed by atoms with E-state index in [-0.39, 0.29) is 11.9 Å². The van der Waals surface area contributed by atoms with Crippen LogP contribution >= 0.6 is 0 Å². The van der Waals surface area contributed by atoms with Crippen LogP contribution in [0.15, 0.2) is 12.4 Å². The predicted molar refractivity (Wildman–Crippen MR) is 72.5 cm³/mol. The minimum Gasteiger partial charge on any atom is -0.369 e. The molecule has 1 heterocycles. The van der Waals surface area contributed by atoms with Gasteiger partial charge >= 0.3 is 0 Å².